The molecule has 2 nitrogen and oxygen atoms in total. The fraction of sp³-hybridized carbons (Fsp3) is 0.500. The zero-order valence-electron chi connectivity index (χ0n) is 5.97. The van der Waals surface area contributed by atoms with Gasteiger partial charge in [-0.15, -0.1) is 0 Å². The van der Waals surface area contributed by atoms with Crippen LogP contribution in [0.25, 0.3) is 0 Å². The smallest absolute Gasteiger partial charge is 0.147 e. The summed E-state index contributed by atoms with van der Waals surface area (Å²) >= 11 is 7.40. The number of rotatable bonds is 2. The monoisotopic (exact) mass is 176 g/mol. The zero-order chi connectivity index (χ0) is 7.56. The van der Waals surface area contributed by atoms with Gasteiger partial charge in [-0.2, -0.15) is 11.8 Å². The van der Waals surface area contributed by atoms with Gasteiger partial charge in [-0.05, 0) is 6.26 Å². The van der Waals surface area contributed by atoms with Crippen molar-refractivity contribution in [2.75, 3.05) is 6.26 Å². The fourth-order valence-corrected chi connectivity index (χ4v) is 1.50. The van der Waals surface area contributed by atoms with E-state index in [0.29, 0.717) is 5.15 Å². The highest BCUT2D eigenvalue weighted by atomic mass is 35.5. The first-order valence-electron chi connectivity index (χ1n) is 2.90. The van der Waals surface area contributed by atoms with Crippen LogP contribution in [0, 0.1) is 0 Å². The largest absolute Gasteiger partial charge is 0.336 e. The van der Waals surface area contributed by atoms with Crippen molar-refractivity contribution >= 4 is 23.4 Å². The third-order valence-corrected chi connectivity index (χ3v) is 1.95. The van der Waals surface area contributed by atoms with E-state index in [1.165, 1.54) is 0 Å². The Labute approximate surface area is 69.6 Å². The molecular formula is C6H9ClN2S. The highest BCUT2D eigenvalue weighted by Crippen LogP contribution is 2.11. The molecular weight excluding hydrogens is 168 g/mol. The number of nitrogens with zero attached hydrogens (tertiary/aromatic N) is 2. The van der Waals surface area contributed by atoms with Crippen LogP contribution >= 0.6 is 23.4 Å². The molecule has 0 saturated heterocycles. The summed E-state index contributed by atoms with van der Waals surface area (Å²) < 4.78 is 1.94. The molecule has 0 bridgehead atoms. The summed E-state index contributed by atoms with van der Waals surface area (Å²) in [5, 5.41) is 0.576. The van der Waals surface area contributed by atoms with Gasteiger partial charge >= 0.3 is 0 Å². The molecule has 0 N–H and O–H groups in total. The lowest BCUT2D eigenvalue weighted by Gasteiger charge is -1.95. The number of aryl methyl sites for hydroxylation is 1. The second-order valence-electron chi connectivity index (χ2n) is 2.02. The number of imidazole rings is 1. The van der Waals surface area contributed by atoms with Crippen molar-refractivity contribution in [3.05, 3.63) is 17.2 Å². The fourth-order valence-electron chi connectivity index (χ4n) is 0.729. The first kappa shape index (κ1) is 7.95. The van der Waals surface area contributed by atoms with Gasteiger partial charge < -0.3 is 4.57 Å². The van der Waals surface area contributed by atoms with Crippen molar-refractivity contribution in [2.45, 2.75) is 5.75 Å². The molecule has 0 aliphatic heterocycles. The van der Waals surface area contributed by atoms with Crippen LogP contribution in [0.2, 0.25) is 5.15 Å². The van der Waals surface area contributed by atoms with Gasteiger partial charge in [-0.1, -0.05) is 11.6 Å². The molecule has 0 aromatic carbocycles. The van der Waals surface area contributed by atoms with Crippen LogP contribution in [-0.2, 0) is 12.8 Å². The Morgan fingerprint density at radius 1 is 1.80 bits per heavy atom. The third-order valence-electron chi connectivity index (χ3n) is 1.22. The highest BCUT2D eigenvalue weighted by Gasteiger charge is 2.00. The van der Waals surface area contributed by atoms with Gasteiger partial charge in [0, 0.05) is 13.2 Å². The number of halogens is 1. The molecule has 0 aliphatic rings. The van der Waals surface area contributed by atoms with Crippen molar-refractivity contribution in [1.29, 1.82) is 0 Å². The predicted octanol–water partition coefficient (Wildman–Crippen LogP) is 1.94. The first-order valence-corrected chi connectivity index (χ1v) is 4.68. The second-order valence-corrected chi connectivity index (χ2v) is 3.28. The molecule has 1 aromatic heterocycles. The molecule has 0 unspecified atom stereocenters. The predicted molar refractivity (Wildman–Crippen MR) is 45.4 cm³/mol. The molecule has 10 heavy (non-hydrogen) atoms. The Balaban J connectivity index is 2.81. The van der Waals surface area contributed by atoms with Crippen molar-refractivity contribution in [3.63, 3.8) is 0 Å². The normalized spacial score (nSPS) is 10.3. The van der Waals surface area contributed by atoms with Crippen LogP contribution in [0.1, 0.15) is 5.82 Å². The standard InChI is InChI=1S/C6H9ClN2S/c1-9-3-5(7)8-6(9)4-10-2/h3H,4H2,1-2H3. The Hall–Kier alpha value is -0.150. The molecule has 0 radical (unpaired) electrons. The van der Waals surface area contributed by atoms with Crippen molar-refractivity contribution in [3.8, 4) is 0 Å². The first-order chi connectivity index (χ1) is 4.74. The van der Waals surface area contributed by atoms with E-state index in [1.807, 2.05) is 24.1 Å². The van der Waals surface area contributed by atoms with Crippen LogP contribution in [-0.4, -0.2) is 15.8 Å². The summed E-state index contributed by atoms with van der Waals surface area (Å²) in [6.07, 6.45) is 3.86. The van der Waals surface area contributed by atoms with Gasteiger partial charge in [0.2, 0.25) is 0 Å². The average molecular weight is 177 g/mol. The van der Waals surface area contributed by atoms with Gasteiger partial charge in [0.05, 0.1) is 5.75 Å². The van der Waals surface area contributed by atoms with Crippen LogP contribution in [0.4, 0.5) is 0 Å². The summed E-state index contributed by atoms with van der Waals surface area (Å²) in [6.45, 7) is 0. The zero-order valence-corrected chi connectivity index (χ0v) is 7.54. The van der Waals surface area contributed by atoms with Crippen molar-refractivity contribution in [1.82, 2.24) is 9.55 Å². The van der Waals surface area contributed by atoms with Gasteiger partial charge in [0.15, 0.2) is 0 Å². The Kier molecular flexibility index (Phi) is 2.63. The molecule has 1 rings (SSSR count). The van der Waals surface area contributed by atoms with Gasteiger partial charge in [0.25, 0.3) is 0 Å². The molecule has 56 valence electrons. The SMILES string of the molecule is CSCc1nc(Cl)cn1C. The van der Waals surface area contributed by atoms with Gasteiger partial charge in [-0.3, -0.25) is 0 Å². The van der Waals surface area contributed by atoms with Gasteiger partial charge in [-0.25, -0.2) is 4.98 Å². The van der Waals surface area contributed by atoms with Crippen LogP contribution in [0.15, 0.2) is 6.20 Å². The summed E-state index contributed by atoms with van der Waals surface area (Å²) in [4.78, 5) is 4.11. The van der Waals surface area contributed by atoms with Crippen LogP contribution < -0.4 is 0 Å². The molecule has 0 atom stereocenters. The molecule has 0 spiro atoms. The molecule has 0 saturated carbocycles. The second kappa shape index (κ2) is 3.30. The van der Waals surface area contributed by atoms with E-state index >= 15 is 0 Å². The van der Waals surface area contributed by atoms with E-state index in [-0.39, 0.29) is 0 Å². The molecule has 4 heteroatoms. The molecule has 1 heterocycles. The highest BCUT2D eigenvalue weighted by molar-refractivity contribution is 7.97. The van der Waals surface area contributed by atoms with Crippen LogP contribution in [0.5, 0.6) is 0 Å². The lowest BCUT2D eigenvalue weighted by atomic mass is 10.7. The van der Waals surface area contributed by atoms with E-state index in [0.717, 1.165) is 11.6 Å². The van der Waals surface area contributed by atoms with E-state index in [4.69, 9.17) is 11.6 Å². The maximum atomic E-state index is 5.66. The number of hydrogen-bond donors (Lipinski definition) is 0. The van der Waals surface area contributed by atoms with E-state index in [2.05, 4.69) is 4.98 Å². The lowest BCUT2D eigenvalue weighted by Crippen LogP contribution is -1.93. The van der Waals surface area contributed by atoms with Crippen molar-refractivity contribution < 1.29 is 0 Å². The summed E-state index contributed by atoms with van der Waals surface area (Å²) in [6, 6.07) is 0. The topological polar surface area (TPSA) is 17.8 Å². The molecule has 0 aliphatic carbocycles. The number of hydrogen-bond acceptors (Lipinski definition) is 2. The van der Waals surface area contributed by atoms with E-state index in [1.54, 1.807) is 11.8 Å². The Morgan fingerprint density at radius 2 is 2.50 bits per heavy atom. The summed E-state index contributed by atoms with van der Waals surface area (Å²) in [7, 11) is 1.95. The minimum absolute atomic E-state index is 0.576. The molecule has 0 amide bonds. The van der Waals surface area contributed by atoms with Gasteiger partial charge in [0.1, 0.15) is 11.0 Å². The van der Waals surface area contributed by atoms with E-state index < -0.39 is 0 Å². The quantitative estimate of drug-likeness (QED) is 0.686. The number of thioether (sulfide) groups is 1. The molecule has 0 fully saturated rings. The minimum Gasteiger partial charge on any atom is -0.336 e. The average Bonchev–Trinajstić information content (AvgIpc) is 2.13. The number of aromatic nitrogens is 2. The van der Waals surface area contributed by atoms with Crippen molar-refractivity contribution in [2.24, 2.45) is 7.05 Å². The van der Waals surface area contributed by atoms with E-state index in [9.17, 15) is 0 Å². The maximum absolute atomic E-state index is 5.66. The lowest BCUT2D eigenvalue weighted by molar-refractivity contribution is 0.850. The Morgan fingerprint density at radius 3 is 2.90 bits per heavy atom. The molecule has 1 aromatic rings. The third kappa shape index (κ3) is 1.67. The van der Waals surface area contributed by atoms with Crippen LogP contribution in [0.3, 0.4) is 0 Å². The maximum Gasteiger partial charge on any atom is 0.147 e. The Bertz CT molecular complexity index is 222. The summed E-state index contributed by atoms with van der Waals surface area (Å²) in [5.74, 6) is 1.95. The minimum atomic E-state index is 0.576. The summed E-state index contributed by atoms with van der Waals surface area (Å²) in [5.41, 5.74) is 0.